The van der Waals surface area contributed by atoms with Gasteiger partial charge in [-0.25, -0.2) is 4.98 Å². The number of nitrogens with one attached hydrogen (secondary N) is 3. The van der Waals surface area contributed by atoms with Gasteiger partial charge in [0.2, 0.25) is 12.4 Å². The average molecular weight is 228 g/mol. The molecular weight excluding hydrogens is 219 g/mol. The zero-order valence-corrected chi connectivity index (χ0v) is 8.47. The van der Waals surface area contributed by atoms with Crippen molar-refractivity contribution in [1.29, 1.82) is 5.41 Å². The van der Waals surface area contributed by atoms with Crippen molar-refractivity contribution in [2.75, 3.05) is 5.32 Å². The van der Waals surface area contributed by atoms with Crippen LogP contribution >= 0.6 is 11.3 Å². The average Bonchev–Trinajstić information content (AvgIpc) is 2.62. The second kappa shape index (κ2) is 5.86. The normalized spacial score (nSPS) is 10.2. The van der Waals surface area contributed by atoms with Gasteiger partial charge in [-0.3, -0.25) is 10.2 Å². The molecule has 1 rings (SSSR count). The van der Waals surface area contributed by atoms with Gasteiger partial charge in [0.05, 0.1) is 6.54 Å². The van der Waals surface area contributed by atoms with Gasteiger partial charge in [-0.15, -0.1) is 0 Å². The fourth-order valence-corrected chi connectivity index (χ4v) is 1.53. The molecule has 0 radical (unpaired) electrons. The Morgan fingerprint density at radius 2 is 2.53 bits per heavy atom. The van der Waals surface area contributed by atoms with Gasteiger partial charge < -0.3 is 10.6 Å². The summed E-state index contributed by atoms with van der Waals surface area (Å²) in [6.07, 6.45) is 4.48. The van der Waals surface area contributed by atoms with Crippen molar-refractivity contribution in [2.24, 2.45) is 0 Å². The molecule has 1 heterocycles. The molecule has 0 spiro atoms. The Hall–Kier alpha value is -1.76. The first-order valence-electron chi connectivity index (χ1n) is 4.01. The number of hydrogen-bond acceptors (Lipinski definition) is 5. The van der Waals surface area contributed by atoms with Crippen LogP contribution in [0.4, 0.5) is 9.52 Å². The van der Waals surface area contributed by atoms with E-state index >= 15 is 0 Å². The van der Waals surface area contributed by atoms with Gasteiger partial charge in [0.15, 0.2) is 5.13 Å². The minimum atomic E-state index is -1.03. The Morgan fingerprint density at radius 3 is 3.20 bits per heavy atom. The van der Waals surface area contributed by atoms with Crippen molar-refractivity contribution in [3.63, 3.8) is 0 Å². The van der Waals surface area contributed by atoms with Crippen molar-refractivity contribution in [3.8, 4) is 0 Å². The van der Waals surface area contributed by atoms with E-state index in [4.69, 9.17) is 5.41 Å². The first-order chi connectivity index (χ1) is 7.22. The zero-order valence-electron chi connectivity index (χ0n) is 7.66. The molecule has 0 bridgehead atoms. The second-order valence-corrected chi connectivity index (χ2v) is 3.57. The number of anilines is 1. The minimum Gasteiger partial charge on any atom is -0.354 e. The van der Waals surface area contributed by atoms with Crippen molar-refractivity contribution in [3.05, 3.63) is 23.3 Å². The third kappa shape index (κ3) is 4.32. The summed E-state index contributed by atoms with van der Waals surface area (Å²) in [5.74, 6) is -1.03. The van der Waals surface area contributed by atoms with Gasteiger partial charge in [-0.2, -0.15) is 4.39 Å². The van der Waals surface area contributed by atoms with Crippen LogP contribution < -0.4 is 10.6 Å². The highest BCUT2D eigenvalue weighted by molar-refractivity contribution is 7.15. The third-order valence-corrected chi connectivity index (χ3v) is 2.28. The Bertz CT molecular complexity index is 376. The molecular formula is C8H9FN4OS. The van der Waals surface area contributed by atoms with Gasteiger partial charge in [-0.05, 0) is 0 Å². The van der Waals surface area contributed by atoms with Gasteiger partial charge >= 0.3 is 0 Å². The van der Waals surface area contributed by atoms with E-state index in [9.17, 15) is 9.18 Å². The van der Waals surface area contributed by atoms with Crippen molar-refractivity contribution in [2.45, 2.75) is 6.54 Å². The van der Waals surface area contributed by atoms with Crippen molar-refractivity contribution < 1.29 is 9.18 Å². The highest BCUT2D eigenvalue weighted by Crippen LogP contribution is 2.17. The fraction of sp³-hybridized carbons (Fsp3) is 0.125. The second-order valence-electron chi connectivity index (χ2n) is 2.46. The van der Waals surface area contributed by atoms with E-state index in [2.05, 4.69) is 15.6 Å². The van der Waals surface area contributed by atoms with Crippen LogP contribution in [-0.4, -0.2) is 17.4 Å². The molecule has 0 atom stereocenters. The van der Waals surface area contributed by atoms with E-state index in [0.29, 0.717) is 18.1 Å². The van der Waals surface area contributed by atoms with E-state index in [-0.39, 0.29) is 0 Å². The summed E-state index contributed by atoms with van der Waals surface area (Å²) in [7, 11) is 0. The quantitative estimate of drug-likeness (QED) is 0.506. The highest BCUT2D eigenvalue weighted by atomic mass is 32.1. The lowest BCUT2D eigenvalue weighted by Gasteiger charge is -1.92. The zero-order chi connectivity index (χ0) is 11.1. The topological polar surface area (TPSA) is 77.9 Å². The summed E-state index contributed by atoms with van der Waals surface area (Å²) in [6, 6.07) is 0. The number of halogens is 1. The van der Waals surface area contributed by atoms with Crippen LogP contribution in [0.3, 0.4) is 0 Å². The van der Waals surface area contributed by atoms with Crippen molar-refractivity contribution >= 4 is 28.8 Å². The number of hydrogen-bond donors (Lipinski definition) is 3. The molecule has 0 aliphatic heterocycles. The smallest absolute Gasteiger partial charge is 0.207 e. The molecule has 1 aromatic heterocycles. The lowest BCUT2D eigenvalue weighted by atomic mass is 10.5. The van der Waals surface area contributed by atoms with Gasteiger partial charge in [0.1, 0.15) is 0 Å². The van der Waals surface area contributed by atoms with Crippen LogP contribution in [0.1, 0.15) is 4.88 Å². The third-order valence-electron chi connectivity index (χ3n) is 1.35. The largest absolute Gasteiger partial charge is 0.354 e. The molecule has 0 aliphatic rings. The first-order valence-corrected chi connectivity index (χ1v) is 4.83. The summed E-state index contributed by atoms with van der Waals surface area (Å²) < 4.78 is 12.0. The molecule has 1 aromatic rings. The maximum absolute atomic E-state index is 12.0. The highest BCUT2D eigenvalue weighted by Gasteiger charge is 1.98. The maximum atomic E-state index is 12.0. The van der Waals surface area contributed by atoms with Gasteiger partial charge in [-0.1, -0.05) is 11.3 Å². The van der Waals surface area contributed by atoms with E-state index < -0.39 is 5.97 Å². The summed E-state index contributed by atoms with van der Waals surface area (Å²) in [5, 5.41) is 12.3. The van der Waals surface area contributed by atoms with E-state index in [0.717, 1.165) is 11.0 Å². The summed E-state index contributed by atoms with van der Waals surface area (Å²) in [6.45, 7) is 0.422. The van der Waals surface area contributed by atoms with Crippen LogP contribution in [0.15, 0.2) is 18.5 Å². The van der Waals surface area contributed by atoms with Crippen LogP contribution in [0.5, 0.6) is 0 Å². The molecule has 80 valence electrons. The van der Waals surface area contributed by atoms with Gasteiger partial charge in [0, 0.05) is 23.3 Å². The number of thiazole rings is 1. The first kappa shape index (κ1) is 11.3. The van der Waals surface area contributed by atoms with Crippen molar-refractivity contribution in [1.82, 2.24) is 10.3 Å². The molecule has 0 saturated heterocycles. The molecule has 0 unspecified atom stereocenters. The summed E-state index contributed by atoms with van der Waals surface area (Å²) in [5.41, 5.74) is 0. The van der Waals surface area contributed by atoms with Crippen LogP contribution in [0.25, 0.3) is 0 Å². The van der Waals surface area contributed by atoms with Crippen LogP contribution in [0, 0.1) is 5.41 Å². The number of nitrogens with zero attached hydrogens (tertiary/aromatic N) is 1. The fourth-order valence-electron chi connectivity index (χ4n) is 0.784. The lowest BCUT2D eigenvalue weighted by molar-refractivity contribution is -0.109. The number of rotatable bonds is 6. The molecule has 7 heteroatoms. The molecule has 3 N–H and O–H groups in total. The number of allylic oxidation sites excluding steroid dienone is 1. The Kier molecular flexibility index (Phi) is 4.42. The lowest BCUT2D eigenvalue weighted by Crippen LogP contribution is -2.07. The minimum absolute atomic E-state index is 0.422. The van der Waals surface area contributed by atoms with Crippen LogP contribution in [-0.2, 0) is 11.3 Å². The predicted octanol–water partition coefficient (Wildman–Crippen LogP) is 1.26. The monoisotopic (exact) mass is 228 g/mol. The predicted molar refractivity (Wildman–Crippen MR) is 56.6 cm³/mol. The number of amides is 1. The number of carbonyl (C=O) groups is 1. The Labute approximate surface area is 89.5 Å². The van der Waals surface area contributed by atoms with Gasteiger partial charge in [0.25, 0.3) is 0 Å². The summed E-state index contributed by atoms with van der Waals surface area (Å²) in [4.78, 5) is 14.9. The maximum Gasteiger partial charge on any atom is 0.207 e. The van der Waals surface area contributed by atoms with E-state index in [1.54, 1.807) is 6.20 Å². The molecule has 0 aromatic carbocycles. The molecule has 5 nitrogen and oxygen atoms in total. The SMILES string of the molecule is N=C(F)/C=C\Nc1ncc(CNC=O)s1. The van der Waals surface area contributed by atoms with E-state index in [1.807, 2.05) is 0 Å². The molecule has 1 amide bonds. The standard InChI is InChI=1S/C8H9FN4OS/c9-7(10)1-2-12-8-13-4-6(15-8)3-11-5-14/h1-2,4-5,10H,3H2,(H,11,14)(H,12,13)/b2-1-,10-7?. The Morgan fingerprint density at radius 1 is 1.73 bits per heavy atom. The number of carbonyl (C=O) groups excluding carboxylic acids is 1. The molecule has 15 heavy (non-hydrogen) atoms. The molecule has 0 saturated carbocycles. The molecule has 0 aliphatic carbocycles. The van der Waals surface area contributed by atoms with Crippen LogP contribution in [0.2, 0.25) is 0 Å². The number of aromatic nitrogens is 1. The van der Waals surface area contributed by atoms with E-state index in [1.165, 1.54) is 17.5 Å². The summed E-state index contributed by atoms with van der Waals surface area (Å²) >= 11 is 1.34. The molecule has 0 fully saturated rings. The Balaban J connectivity index is 2.45.